The minimum Gasteiger partial charge on any atom is -0.481 e. The van der Waals surface area contributed by atoms with Crippen molar-refractivity contribution in [2.75, 3.05) is 18.0 Å². The molecule has 0 aliphatic rings. The number of benzene rings is 2. The Balaban J connectivity index is 1.89. The lowest BCUT2D eigenvalue weighted by molar-refractivity contribution is -0.128. The van der Waals surface area contributed by atoms with Crippen LogP contribution >= 0.6 is 0 Å². The number of anilines is 1. The summed E-state index contributed by atoms with van der Waals surface area (Å²) in [7, 11) is 0. The molecule has 1 atom stereocenters. The van der Waals surface area contributed by atoms with Gasteiger partial charge in [0.2, 0.25) is 0 Å². The molecule has 1 amide bonds. The van der Waals surface area contributed by atoms with Crippen LogP contribution in [0.3, 0.4) is 0 Å². The second-order valence-electron chi connectivity index (χ2n) is 5.88. The van der Waals surface area contributed by atoms with Crippen molar-refractivity contribution in [3.05, 3.63) is 60.2 Å². The third-order valence-corrected chi connectivity index (χ3v) is 4.22. The van der Waals surface area contributed by atoms with Gasteiger partial charge >= 0.3 is 0 Å². The monoisotopic (exact) mass is 340 g/mol. The van der Waals surface area contributed by atoms with Crippen molar-refractivity contribution in [2.45, 2.75) is 39.8 Å². The summed E-state index contributed by atoms with van der Waals surface area (Å²) >= 11 is 0. The van der Waals surface area contributed by atoms with Crippen LogP contribution < -0.4 is 15.0 Å². The molecule has 2 aromatic carbocycles. The van der Waals surface area contributed by atoms with Crippen molar-refractivity contribution in [3.8, 4) is 5.75 Å². The number of nitrogens with one attached hydrogen (secondary N) is 1. The minimum absolute atomic E-state index is 0.0841. The average Bonchev–Trinajstić information content (AvgIpc) is 2.67. The predicted octanol–water partition coefficient (Wildman–Crippen LogP) is 4.01. The molecule has 0 fully saturated rings. The first-order valence-corrected chi connectivity index (χ1v) is 9.01. The van der Waals surface area contributed by atoms with Gasteiger partial charge in [0, 0.05) is 25.3 Å². The highest BCUT2D eigenvalue weighted by atomic mass is 16.5. The van der Waals surface area contributed by atoms with Gasteiger partial charge in [-0.25, -0.2) is 0 Å². The molecule has 0 aromatic heterocycles. The van der Waals surface area contributed by atoms with Gasteiger partial charge in [-0.05, 0) is 50.1 Å². The quantitative estimate of drug-likeness (QED) is 0.750. The Morgan fingerprint density at radius 3 is 2.20 bits per heavy atom. The lowest BCUT2D eigenvalue weighted by Gasteiger charge is -2.21. The predicted molar refractivity (Wildman–Crippen MR) is 103 cm³/mol. The molecule has 4 heteroatoms. The molecule has 134 valence electrons. The molecule has 2 aromatic rings. The van der Waals surface area contributed by atoms with E-state index in [1.807, 2.05) is 37.3 Å². The zero-order valence-electron chi connectivity index (χ0n) is 15.4. The van der Waals surface area contributed by atoms with Crippen molar-refractivity contribution >= 4 is 11.6 Å². The molecule has 0 saturated carbocycles. The Labute approximate surface area is 150 Å². The van der Waals surface area contributed by atoms with Gasteiger partial charge in [0.05, 0.1) is 0 Å². The highest BCUT2D eigenvalue weighted by molar-refractivity contribution is 5.81. The molecule has 1 unspecified atom stereocenters. The Hall–Kier alpha value is -2.49. The number of carbonyl (C=O) groups excluding carboxylic acids is 1. The first kappa shape index (κ1) is 18.8. The average molecular weight is 340 g/mol. The molecule has 0 aliphatic heterocycles. The molecule has 25 heavy (non-hydrogen) atoms. The van der Waals surface area contributed by atoms with Gasteiger partial charge in [-0.15, -0.1) is 0 Å². The summed E-state index contributed by atoms with van der Waals surface area (Å²) in [4.78, 5) is 14.7. The first-order chi connectivity index (χ1) is 12.2. The summed E-state index contributed by atoms with van der Waals surface area (Å²) in [5.74, 6) is 0.632. The van der Waals surface area contributed by atoms with Crippen molar-refractivity contribution in [3.63, 3.8) is 0 Å². The van der Waals surface area contributed by atoms with E-state index in [0.29, 0.717) is 18.7 Å². The standard InChI is InChI=1S/C21H28N2O2/c1-4-20(25-19-10-8-7-9-11-19)21(24)22-16-17-12-14-18(15-13-17)23(5-2)6-3/h7-15,20H,4-6,16H2,1-3H3,(H,22,24). The molecular weight excluding hydrogens is 312 g/mol. The van der Waals surface area contributed by atoms with E-state index in [-0.39, 0.29) is 5.91 Å². The van der Waals surface area contributed by atoms with Gasteiger partial charge in [-0.1, -0.05) is 37.3 Å². The molecule has 1 N–H and O–H groups in total. The number of hydrogen-bond donors (Lipinski definition) is 1. The zero-order chi connectivity index (χ0) is 18.1. The third kappa shape index (κ3) is 5.52. The highest BCUT2D eigenvalue weighted by Crippen LogP contribution is 2.15. The largest absolute Gasteiger partial charge is 0.481 e. The number of amides is 1. The lowest BCUT2D eigenvalue weighted by Crippen LogP contribution is -2.37. The van der Waals surface area contributed by atoms with E-state index < -0.39 is 6.10 Å². The summed E-state index contributed by atoms with van der Waals surface area (Å²) in [5, 5.41) is 2.97. The van der Waals surface area contributed by atoms with E-state index in [0.717, 1.165) is 18.7 Å². The van der Waals surface area contributed by atoms with E-state index in [9.17, 15) is 4.79 Å². The molecular formula is C21H28N2O2. The summed E-state index contributed by atoms with van der Waals surface area (Å²) in [6.07, 6.45) is 0.152. The Kier molecular flexibility index (Phi) is 7.33. The van der Waals surface area contributed by atoms with Gasteiger partial charge < -0.3 is 15.0 Å². The van der Waals surface area contributed by atoms with E-state index in [2.05, 4.69) is 48.3 Å². The van der Waals surface area contributed by atoms with Crippen LogP contribution in [0, 0.1) is 0 Å². The highest BCUT2D eigenvalue weighted by Gasteiger charge is 2.17. The summed E-state index contributed by atoms with van der Waals surface area (Å²) in [6, 6.07) is 17.8. The molecule has 0 radical (unpaired) electrons. The van der Waals surface area contributed by atoms with Crippen LogP contribution in [0.1, 0.15) is 32.8 Å². The molecule has 2 rings (SSSR count). The Morgan fingerprint density at radius 1 is 1.00 bits per heavy atom. The van der Waals surface area contributed by atoms with Gasteiger partial charge in [-0.2, -0.15) is 0 Å². The van der Waals surface area contributed by atoms with E-state index >= 15 is 0 Å². The van der Waals surface area contributed by atoms with Crippen LogP contribution in [0.25, 0.3) is 0 Å². The molecule has 4 nitrogen and oxygen atoms in total. The first-order valence-electron chi connectivity index (χ1n) is 9.01. The SMILES string of the molecule is CCC(Oc1ccccc1)C(=O)NCc1ccc(N(CC)CC)cc1. The van der Waals surface area contributed by atoms with Gasteiger partial charge in [-0.3, -0.25) is 4.79 Å². The van der Waals surface area contributed by atoms with Gasteiger partial charge in [0.1, 0.15) is 5.75 Å². The zero-order valence-corrected chi connectivity index (χ0v) is 15.4. The fourth-order valence-electron chi connectivity index (χ4n) is 2.70. The van der Waals surface area contributed by atoms with E-state index in [1.165, 1.54) is 5.69 Å². The van der Waals surface area contributed by atoms with Crippen molar-refractivity contribution < 1.29 is 9.53 Å². The normalized spacial score (nSPS) is 11.6. The summed E-state index contributed by atoms with van der Waals surface area (Å²) in [5.41, 5.74) is 2.29. The number of hydrogen-bond acceptors (Lipinski definition) is 3. The van der Waals surface area contributed by atoms with Crippen molar-refractivity contribution in [1.29, 1.82) is 0 Å². The number of ether oxygens (including phenoxy) is 1. The number of carbonyl (C=O) groups is 1. The van der Waals surface area contributed by atoms with Crippen LogP contribution in [0.4, 0.5) is 5.69 Å². The van der Waals surface area contributed by atoms with Crippen molar-refractivity contribution in [1.82, 2.24) is 5.32 Å². The third-order valence-electron chi connectivity index (χ3n) is 4.22. The fraction of sp³-hybridized carbons (Fsp3) is 0.381. The van der Waals surface area contributed by atoms with Gasteiger partial charge in [0.25, 0.3) is 5.91 Å². The second-order valence-corrected chi connectivity index (χ2v) is 5.88. The van der Waals surface area contributed by atoms with E-state index in [4.69, 9.17) is 4.74 Å². The molecule has 0 spiro atoms. The fourth-order valence-corrected chi connectivity index (χ4v) is 2.70. The molecule has 0 heterocycles. The maximum atomic E-state index is 12.4. The van der Waals surface area contributed by atoms with Crippen molar-refractivity contribution in [2.24, 2.45) is 0 Å². The molecule has 0 saturated heterocycles. The number of para-hydroxylation sites is 1. The topological polar surface area (TPSA) is 41.6 Å². The van der Waals surface area contributed by atoms with E-state index in [1.54, 1.807) is 0 Å². The smallest absolute Gasteiger partial charge is 0.261 e. The summed E-state index contributed by atoms with van der Waals surface area (Å²) in [6.45, 7) is 8.73. The maximum absolute atomic E-state index is 12.4. The van der Waals surface area contributed by atoms with Gasteiger partial charge in [0.15, 0.2) is 6.10 Å². The minimum atomic E-state index is -0.475. The maximum Gasteiger partial charge on any atom is 0.261 e. The molecule has 0 bridgehead atoms. The molecule has 0 aliphatic carbocycles. The van der Waals surface area contributed by atoms with Crippen LogP contribution in [0.2, 0.25) is 0 Å². The van der Waals surface area contributed by atoms with Crippen LogP contribution in [-0.2, 0) is 11.3 Å². The Bertz CT molecular complexity index is 637. The number of nitrogens with zero attached hydrogens (tertiary/aromatic N) is 1. The lowest BCUT2D eigenvalue weighted by atomic mass is 10.2. The van der Waals surface area contributed by atoms with Crippen LogP contribution in [-0.4, -0.2) is 25.1 Å². The second kappa shape index (κ2) is 9.72. The van der Waals surface area contributed by atoms with Crippen LogP contribution in [0.5, 0.6) is 5.75 Å². The van der Waals surface area contributed by atoms with Crippen LogP contribution in [0.15, 0.2) is 54.6 Å². The Morgan fingerprint density at radius 2 is 1.64 bits per heavy atom. The number of rotatable bonds is 9. The summed E-state index contributed by atoms with van der Waals surface area (Å²) < 4.78 is 5.77.